The van der Waals surface area contributed by atoms with Crippen molar-refractivity contribution in [1.29, 1.82) is 0 Å². The molecule has 3 heterocycles. The molecule has 0 unspecified atom stereocenters. The van der Waals surface area contributed by atoms with Crippen LogP contribution < -0.4 is 4.90 Å². The van der Waals surface area contributed by atoms with Crippen LogP contribution in [0.1, 0.15) is 0 Å². The number of halogens is 1. The molecule has 5 nitrogen and oxygen atoms in total. The number of hydrogen-bond acceptors (Lipinski definition) is 6. The van der Waals surface area contributed by atoms with Gasteiger partial charge in [0.2, 0.25) is 5.28 Å². The average molecular weight is 299 g/mol. The van der Waals surface area contributed by atoms with E-state index in [4.69, 9.17) is 16.7 Å². The first-order valence-electron chi connectivity index (χ1n) is 6.27. The van der Waals surface area contributed by atoms with Crippen molar-refractivity contribution in [1.82, 2.24) is 14.9 Å². The zero-order valence-electron chi connectivity index (χ0n) is 10.4. The molecule has 1 aliphatic rings. The molecule has 0 saturated carbocycles. The Balaban J connectivity index is 1.83. The predicted octanol–water partition coefficient (Wildman–Crippen LogP) is 1.46. The van der Waals surface area contributed by atoms with Gasteiger partial charge in [-0.2, -0.15) is 4.98 Å². The first kappa shape index (κ1) is 13.1. The summed E-state index contributed by atoms with van der Waals surface area (Å²) in [6.45, 7) is 4.64. The number of piperazine rings is 1. The van der Waals surface area contributed by atoms with E-state index in [2.05, 4.69) is 19.8 Å². The van der Waals surface area contributed by atoms with Crippen molar-refractivity contribution in [2.24, 2.45) is 0 Å². The van der Waals surface area contributed by atoms with E-state index in [0.29, 0.717) is 5.28 Å². The second-order valence-electron chi connectivity index (χ2n) is 4.50. The molecule has 1 N–H and O–H groups in total. The van der Waals surface area contributed by atoms with Crippen LogP contribution in [0.5, 0.6) is 0 Å². The van der Waals surface area contributed by atoms with Gasteiger partial charge in [-0.25, -0.2) is 4.98 Å². The van der Waals surface area contributed by atoms with Gasteiger partial charge in [-0.15, -0.1) is 11.3 Å². The quantitative estimate of drug-likeness (QED) is 0.870. The third-order valence-corrected chi connectivity index (χ3v) is 4.42. The Morgan fingerprint density at radius 2 is 2.05 bits per heavy atom. The SMILES string of the molecule is OCCN1CCN(c2nc(Cl)nc3ccsc23)CC1. The fourth-order valence-electron chi connectivity index (χ4n) is 2.36. The van der Waals surface area contributed by atoms with Crippen molar-refractivity contribution < 1.29 is 5.11 Å². The monoisotopic (exact) mass is 298 g/mol. The number of nitrogens with zero attached hydrogens (tertiary/aromatic N) is 4. The summed E-state index contributed by atoms with van der Waals surface area (Å²) < 4.78 is 1.10. The van der Waals surface area contributed by atoms with Gasteiger partial charge in [-0.1, -0.05) is 0 Å². The number of β-amino-alcohol motifs (C(OH)–C–C–N with tert-alkyl or cyclic N) is 1. The lowest BCUT2D eigenvalue weighted by Crippen LogP contribution is -2.47. The Kier molecular flexibility index (Phi) is 3.83. The number of hydrogen-bond donors (Lipinski definition) is 1. The van der Waals surface area contributed by atoms with Crippen LogP contribution in [0.4, 0.5) is 5.82 Å². The Morgan fingerprint density at radius 1 is 1.26 bits per heavy atom. The van der Waals surface area contributed by atoms with Gasteiger partial charge in [0.1, 0.15) is 0 Å². The highest BCUT2D eigenvalue weighted by Crippen LogP contribution is 2.30. The molecular formula is C12H15ClN4OS. The fourth-order valence-corrected chi connectivity index (χ4v) is 3.38. The molecule has 102 valence electrons. The average Bonchev–Trinajstić information content (AvgIpc) is 2.87. The minimum atomic E-state index is 0.217. The highest BCUT2D eigenvalue weighted by molar-refractivity contribution is 7.17. The van der Waals surface area contributed by atoms with Crippen molar-refractivity contribution in [3.05, 3.63) is 16.7 Å². The molecule has 2 aromatic heterocycles. The third kappa shape index (κ3) is 2.67. The summed E-state index contributed by atoms with van der Waals surface area (Å²) in [5, 5.41) is 11.3. The molecular weight excluding hydrogens is 284 g/mol. The highest BCUT2D eigenvalue weighted by Gasteiger charge is 2.20. The largest absolute Gasteiger partial charge is 0.395 e. The summed E-state index contributed by atoms with van der Waals surface area (Å²) in [5.41, 5.74) is 0.915. The van der Waals surface area contributed by atoms with Gasteiger partial charge in [0.15, 0.2) is 5.82 Å². The summed E-state index contributed by atoms with van der Waals surface area (Å²) in [5.74, 6) is 0.939. The lowest BCUT2D eigenvalue weighted by Gasteiger charge is -2.35. The van der Waals surface area contributed by atoms with E-state index in [-0.39, 0.29) is 6.61 Å². The van der Waals surface area contributed by atoms with Crippen molar-refractivity contribution in [2.75, 3.05) is 44.2 Å². The highest BCUT2D eigenvalue weighted by atomic mass is 35.5. The molecule has 0 atom stereocenters. The van der Waals surface area contributed by atoms with E-state index in [1.165, 1.54) is 0 Å². The van der Waals surface area contributed by atoms with Crippen LogP contribution >= 0.6 is 22.9 Å². The molecule has 1 fully saturated rings. The van der Waals surface area contributed by atoms with Gasteiger partial charge < -0.3 is 10.0 Å². The second-order valence-corrected chi connectivity index (χ2v) is 5.76. The maximum Gasteiger partial charge on any atom is 0.224 e. The Bertz CT molecular complexity index is 568. The fraction of sp³-hybridized carbons (Fsp3) is 0.500. The number of rotatable bonds is 3. The molecule has 1 aliphatic heterocycles. The second kappa shape index (κ2) is 5.58. The molecule has 19 heavy (non-hydrogen) atoms. The van der Waals surface area contributed by atoms with Crippen LogP contribution in [0.2, 0.25) is 5.28 Å². The van der Waals surface area contributed by atoms with E-state index >= 15 is 0 Å². The van der Waals surface area contributed by atoms with Gasteiger partial charge in [0.25, 0.3) is 0 Å². The van der Waals surface area contributed by atoms with Crippen LogP contribution in [-0.4, -0.2) is 59.3 Å². The third-order valence-electron chi connectivity index (χ3n) is 3.35. The molecule has 0 aromatic carbocycles. The maximum atomic E-state index is 8.96. The Hall–Kier alpha value is -0.950. The van der Waals surface area contributed by atoms with Crippen molar-refractivity contribution in [2.45, 2.75) is 0 Å². The van der Waals surface area contributed by atoms with Crippen molar-refractivity contribution >= 4 is 39.0 Å². The van der Waals surface area contributed by atoms with Crippen LogP contribution in [0.25, 0.3) is 10.2 Å². The van der Waals surface area contributed by atoms with Crippen LogP contribution in [0.3, 0.4) is 0 Å². The zero-order valence-corrected chi connectivity index (χ0v) is 12.0. The lowest BCUT2D eigenvalue weighted by molar-refractivity contribution is 0.188. The van der Waals surface area contributed by atoms with Gasteiger partial charge in [-0.05, 0) is 23.0 Å². The number of anilines is 1. The normalized spacial score (nSPS) is 17.3. The number of fused-ring (bicyclic) bond motifs is 1. The lowest BCUT2D eigenvalue weighted by atomic mass is 10.3. The van der Waals surface area contributed by atoms with Crippen LogP contribution in [0, 0.1) is 0 Å². The Morgan fingerprint density at radius 3 is 2.79 bits per heavy atom. The molecule has 3 rings (SSSR count). The molecule has 0 spiro atoms. The van der Waals surface area contributed by atoms with Gasteiger partial charge >= 0.3 is 0 Å². The van der Waals surface area contributed by atoms with Crippen LogP contribution in [0.15, 0.2) is 11.4 Å². The Labute approximate surface area is 120 Å². The van der Waals surface area contributed by atoms with E-state index in [0.717, 1.165) is 48.8 Å². The predicted molar refractivity (Wildman–Crippen MR) is 78.2 cm³/mol. The summed E-state index contributed by atoms with van der Waals surface area (Å²) in [6, 6.07) is 1.97. The summed E-state index contributed by atoms with van der Waals surface area (Å²) >= 11 is 7.64. The van der Waals surface area contributed by atoms with E-state index in [1.54, 1.807) is 11.3 Å². The first-order chi connectivity index (χ1) is 9.28. The number of aliphatic hydroxyl groups excluding tert-OH is 1. The molecule has 2 aromatic rings. The molecule has 0 amide bonds. The van der Waals surface area contributed by atoms with Crippen molar-refractivity contribution in [3.8, 4) is 0 Å². The van der Waals surface area contributed by atoms with E-state index in [9.17, 15) is 0 Å². The number of aromatic nitrogens is 2. The minimum absolute atomic E-state index is 0.217. The standard InChI is InChI=1S/C12H15ClN4OS/c13-12-14-9-1-8-19-10(9)11(15-12)17-4-2-16(3-5-17)6-7-18/h1,8,18H,2-7H2. The van der Waals surface area contributed by atoms with Gasteiger partial charge in [0, 0.05) is 32.7 Å². The zero-order chi connectivity index (χ0) is 13.2. The van der Waals surface area contributed by atoms with Crippen molar-refractivity contribution in [3.63, 3.8) is 0 Å². The number of thiophene rings is 1. The number of aliphatic hydroxyl groups is 1. The minimum Gasteiger partial charge on any atom is -0.395 e. The molecule has 0 radical (unpaired) electrons. The molecule has 1 saturated heterocycles. The summed E-state index contributed by atoms with van der Waals surface area (Å²) in [6.07, 6.45) is 0. The molecule has 7 heteroatoms. The van der Waals surface area contributed by atoms with Gasteiger partial charge in [0.05, 0.1) is 16.8 Å². The van der Waals surface area contributed by atoms with Crippen LogP contribution in [-0.2, 0) is 0 Å². The summed E-state index contributed by atoms with van der Waals surface area (Å²) in [7, 11) is 0. The molecule has 0 bridgehead atoms. The van der Waals surface area contributed by atoms with E-state index < -0.39 is 0 Å². The molecule has 0 aliphatic carbocycles. The topological polar surface area (TPSA) is 52.5 Å². The van der Waals surface area contributed by atoms with E-state index in [1.807, 2.05) is 11.4 Å². The summed E-state index contributed by atoms with van der Waals surface area (Å²) in [4.78, 5) is 13.1. The van der Waals surface area contributed by atoms with Gasteiger partial charge in [-0.3, -0.25) is 4.90 Å². The maximum absolute atomic E-state index is 8.96. The smallest absolute Gasteiger partial charge is 0.224 e. The first-order valence-corrected chi connectivity index (χ1v) is 7.52.